The van der Waals surface area contributed by atoms with Crippen LogP contribution < -0.4 is 0 Å². The van der Waals surface area contributed by atoms with Crippen molar-refractivity contribution in [2.24, 2.45) is 0 Å². The molecule has 1 aliphatic heterocycles. The predicted octanol–water partition coefficient (Wildman–Crippen LogP) is -0.713. The molecule has 0 atom stereocenters. The molecule has 1 fully saturated rings. The van der Waals surface area contributed by atoms with Gasteiger partial charge >= 0.3 is 51.4 Å². The number of hydrogen-bond acceptors (Lipinski definition) is 3. The van der Waals surface area contributed by atoms with Crippen molar-refractivity contribution >= 4 is 34.7 Å². The van der Waals surface area contributed by atoms with Crippen molar-refractivity contribution in [3.63, 3.8) is 0 Å². The van der Waals surface area contributed by atoms with Crippen molar-refractivity contribution in [1.82, 2.24) is 0 Å². The summed E-state index contributed by atoms with van der Waals surface area (Å²) in [7, 11) is -3.49. The van der Waals surface area contributed by atoms with Crippen LogP contribution in [0.4, 0.5) is 0 Å². The molecule has 7 heteroatoms. The molecule has 0 unspecified atom stereocenters. The van der Waals surface area contributed by atoms with Gasteiger partial charge in [0.05, 0.1) is 0 Å². The molecule has 1 heterocycles. The Hall–Kier alpha value is 1.15. The SMILES string of the molecule is O=P1(O)O[Se][Se]O1. The normalized spacial score (nSPS) is 28.1. The first-order chi connectivity index (χ1) is 3.21. The zero-order valence-electron chi connectivity index (χ0n) is 2.94. The molecular weight excluding hydrogens is 253 g/mol. The second-order valence-corrected chi connectivity index (χ2v) is 7.40. The molecule has 0 bridgehead atoms. The van der Waals surface area contributed by atoms with Crippen molar-refractivity contribution in [2.45, 2.75) is 0 Å². The second kappa shape index (κ2) is 2.17. The van der Waals surface area contributed by atoms with Gasteiger partial charge in [0.15, 0.2) is 0 Å². The molecule has 4 nitrogen and oxygen atoms in total. The van der Waals surface area contributed by atoms with Gasteiger partial charge in [0, 0.05) is 0 Å². The fourth-order valence-corrected chi connectivity index (χ4v) is 9.25. The first-order valence-electron chi connectivity index (χ1n) is 1.25. The summed E-state index contributed by atoms with van der Waals surface area (Å²) in [5.74, 6) is 0. The van der Waals surface area contributed by atoms with Crippen LogP contribution in [0.15, 0.2) is 0 Å². The second-order valence-electron chi connectivity index (χ2n) is 0.754. The quantitative estimate of drug-likeness (QED) is 0.458. The molecule has 0 saturated carbocycles. The van der Waals surface area contributed by atoms with E-state index in [1.165, 1.54) is 0 Å². The summed E-state index contributed by atoms with van der Waals surface area (Å²) in [4.78, 5) is 8.34. The molecular formula is HO4PSe2. The van der Waals surface area contributed by atoms with E-state index in [0.29, 0.717) is 0 Å². The Morgan fingerprint density at radius 1 is 1.43 bits per heavy atom. The summed E-state index contributed by atoms with van der Waals surface area (Å²) in [6, 6.07) is 0. The molecule has 7 heavy (non-hydrogen) atoms. The van der Waals surface area contributed by atoms with Gasteiger partial charge in [0.2, 0.25) is 0 Å². The summed E-state index contributed by atoms with van der Waals surface area (Å²) in [6.07, 6.45) is 0. The van der Waals surface area contributed by atoms with E-state index >= 15 is 0 Å². The fourth-order valence-electron chi connectivity index (χ4n) is 0.114. The van der Waals surface area contributed by atoms with Crippen LogP contribution in [0.5, 0.6) is 0 Å². The van der Waals surface area contributed by atoms with Gasteiger partial charge in [-0.2, -0.15) is 0 Å². The summed E-state index contributed by atoms with van der Waals surface area (Å²) in [6.45, 7) is 0. The average molecular weight is 254 g/mol. The fraction of sp³-hybridized carbons (Fsp3) is 0. The maximum atomic E-state index is 10.2. The van der Waals surface area contributed by atoms with Crippen LogP contribution in [-0.2, 0) is 11.8 Å². The Morgan fingerprint density at radius 3 is 2.00 bits per heavy atom. The minimum absolute atomic E-state index is 0.169. The van der Waals surface area contributed by atoms with E-state index in [1.54, 1.807) is 0 Å². The third kappa shape index (κ3) is 1.84. The van der Waals surface area contributed by atoms with Gasteiger partial charge < -0.3 is 0 Å². The van der Waals surface area contributed by atoms with Crippen molar-refractivity contribution in [3.05, 3.63) is 0 Å². The first kappa shape index (κ1) is 6.27. The van der Waals surface area contributed by atoms with Crippen LogP contribution in [0.2, 0.25) is 0 Å². The monoisotopic (exact) mass is 256 g/mol. The van der Waals surface area contributed by atoms with Gasteiger partial charge in [0.25, 0.3) is 0 Å². The number of rotatable bonds is 0. The minimum atomic E-state index is -3.49. The third-order valence-electron chi connectivity index (χ3n) is 0.277. The van der Waals surface area contributed by atoms with Gasteiger partial charge in [-0.05, 0) is 0 Å². The van der Waals surface area contributed by atoms with Crippen molar-refractivity contribution < 1.29 is 16.7 Å². The molecule has 0 amide bonds. The Bertz CT molecular complexity index is 100. The van der Waals surface area contributed by atoms with E-state index in [1.807, 2.05) is 0 Å². The van der Waals surface area contributed by atoms with Crippen molar-refractivity contribution in [1.29, 1.82) is 0 Å². The molecule has 0 aromatic carbocycles. The van der Waals surface area contributed by atoms with E-state index in [4.69, 9.17) is 4.89 Å². The maximum absolute atomic E-state index is 10.2. The van der Waals surface area contributed by atoms with Gasteiger partial charge in [0.1, 0.15) is 0 Å². The molecule has 1 aliphatic rings. The summed E-state index contributed by atoms with van der Waals surface area (Å²) < 4.78 is 18.8. The molecule has 1 saturated heterocycles. The van der Waals surface area contributed by atoms with Crippen molar-refractivity contribution in [3.8, 4) is 0 Å². The Labute approximate surface area is 51.7 Å². The summed E-state index contributed by atoms with van der Waals surface area (Å²) >= 11 is -0.339. The van der Waals surface area contributed by atoms with Crippen LogP contribution in [0, 0.1) is 0 Å². The predicted molar refractivity (Wildman–Crippen MR) is 23.5 cm³/mol. The van der Waals surface area contributed by atoms with Gasteiger partial charge in [-0.1, -0.05) is 0 Å². The number of hydrogen-bond donors (Lipinski definition) is 1. The zero-order valence-corrected chi connectivity index (χ0v) is 7.26. The molecule has 1 N–H and O–H groups in total. The van der Waals surface area contributed by atoms with Crippen LogP contribution in [0.1, 0.15) is 0 Å². The molecule has 42 valence electrons. The molecule has 0 radical (unpaired) electrons. The Balaban J connectivity index is 2.57. The van der Waals surface area contributed by atoms with Gasteiger partial charge in [-0.25, -0.2) is 0 Å². The molecule has 0 spiro atoms. The molecule has 1 rings (SSSR count). The molecule has 0 aromatic rings. The van der Waals surface area contributed by atoms with E-state index in [-0.39, 0.29) is 26.9 Å². The first-order valence-corrected chi connectivity index (χ1v) is 8.48. The summed E-state index contributed by atoms with van der Waals surface area (Å²) in [5, 5.41) is 0. The van der Waals surface area contributed by atoms with Crippen LogP contribution >= 0.6 is 7.82 Å². The number of phosphoric acid groups is 1. The van der Waals surface area contributed by atoms with E-state index < -0.39 is 7.82 Å². The standard InChI is InChI=1S/HO4PSe2/c1-5(2)3-6-7-4-5/h(H,1,2). The molecule has 0 aromatic heterocycles. The summed E-state index contributed by atoms with van der Waals surface area (Å²) in [5.41, 5.74) is 0. The molecule has 0 aliphatic carbocycles. The Morgan fingerprint density at radius 2 is 1.86 bits per heavy atom. The van der Waals surface area contributed by atoms with Crippen LogP contribution in [-0.4, -0.2) is 31.8 Å². The van der Waals surface area contributed by atoms with E-state index in [2.05, 4.69) is 7.21 Å². The van der Waals surface area contributed by atoms with Gasteiger partial charge in [-0.3, -0.25) is 0 Å². The van der Waals surface area contributed by atoms with Crippen molar-refractivity contribution in [2.75, 3.05) is 0 Å². The van der Waals surface area contributed by atoms with Crippen LogP contribution in [0.3, 0.4) is 0 Å². The zero-order chi connectivity index (χ0) is 5.33. The van der Waals surface area contributed by atoms with Gasteiger partial charge in [-0.15, -0.1) is 0 Å². The van der Waals surface area contributed by atoms with E-state index in [9.17, 15) is 4.57 Å². The third-order valence-corrected chi connectivity index (χ3v) is 8.62. The average Bonchev–Trinajstić information content (AvgIpc) is 1.84. The van der Waals surface area contributed by atoms with E-state index in [0.717, 1.165) is 0 Å². The van der Waals surface area contributed by atoms with Crippen LogP contribution in [0.25, 0.3) is 0 Å². The topological polar surface area (TPSA) is 55.8 Å². The Kier molecular flexibility index (Phi) is 1.95.